The van der Waals surface area contributed by atoms with Crippen LogP contribution in [0, 0.1) is 0 Å². The molecule has 0 bridgehead atoms. The molecule has 19 heavy (non-hydrogen) atoms. The third-order valence-electron chi connectivity index (χ3n) is 2.64. The summed E-state index contributed by atoms with van der Waals surface area (Å²) in [5.74, 6) is -1.12. The molecular weight excluding hydrogens is 268 g/mol. The minimum atomic E-state index is -1.12. The van der Waals surface area contributed by atoms with Crippen molar-refractivity contribution in [2.45, 2.75) is 19.8 Å². The molecule has 104 valence electrons. The molecule has 5 nitrogen and oxygen atoms in total. The molecule has 0 heterocycles. The van der Waals surface area contributed by atoms with E-state index in [0.717, 1.165) is 12.8 Å². The predicted molar refractivity (Wildman–Crippen MR) is 75.0 cm³/mol. The van der Waals surface area contributed by atoms with E-state index in [1.54, 1.807) is 18.0 Å². The molecule has 1 aromatic rings. The lowest BCUT2D eigenvalue weighted by Crippen LogP contribution is -2.32. The number of benzene rings is 1. The van der Waals surface area contributed by atoms with Gasteiger partial charge in [0.2, 0.25) is 0 Å². The van der Waals surface area contributed by atoms with Gasteiger partial charge in [0.05, 0.1) is 10.6 Å². The lowest BCUT2D eigenvalue weighted by atomic mass is 10.2. The summed E-state index contributed by atoms with van der Waals surface area (Å²) in [5, 5.41) is 11.7. The highest BCUT2D eigenvalue weighted by Crippen LogP contribution is 2.20. The first-order chi connectivity index (χ1) is 8.95. The SMILES string of the molecule is CCCCN(C)C(=O)Nc1ccc(Cl)c(C(=O)O)c1. The molecule has 0 saturated carbocycles. The largest absolute Gasteiger partial charge is 0.478 e. The Bertz CT molecular complexity index is 477. The van der Waals surface area contributed by atoms with Crippen molar-refractivity contribution in [1.29, 1.82) is 0 Å². The number of nitrogens with one attached hydrogen (secondary N) is 1. The summed E-state index contributed by atoms with van der Waals surface area (Å²) in [6, 6.07) is 4.09. The fourth-order valence-corrected chi connectivity index (χ4v) is 1.68. The van der Waals surface area contributed by atoms with E-state index in [-0.39, 0.29) is 16.6 Å². The van der Waals surface area contributed by atoms with E-state index >= 15 is 0 Å². The second-order valence-corrected chi connectivity index (χ2v) is 4.61. The molecule has 1 rings (SSSR count). The summed E-state index contributed by atoms with van der Waals surface area (Å²) in [6.45, 7) is 2.70. The monoisotopic (exact) mass is 284 g/mol. The maximum atomic E-state index is 11.8. The fraction of sp³-hybridized carbons (Fsp3) is 0.385. The van der Waals surface area contributed by atoms with Crippen molar-refractivity contribution in [2.24, 2.45) is 0 Å². The van der Waals surface area contributed by atoms with Crippen molar-refractivity contribution in [1.82, 2.24) is 4.90 Å². The Morgan fingerprint density at radius 3 is 2.68 bits per heavy atom. The van der Waals surface area contributed by atoms with Crippen LogP contribution in [0.5, 0.6) is 0 Å². The fourth-order valence-electron chi connectivity index (χ4n) is 1.48. The number of hydrogen-bond acceptors (Lipinski definition) is 2. The van der Waals surface area contributed by atoms with Crippen molar-refractivity contribution >= 4 is 29.3 Å². The Balaban J connectivity index is 2.74. The molecule has 0 spiro atoms. The number of unbranched alkanes of at least 4 members (excludes halogenated alkanes) is 1. The predicted octanol–water partition coefficient (Wildman–Crippen LogP) is 3.30. The van der Waals surface area contributed by atoms with Crippen LogP contribution in [0.3, 0.4) is 0 Å². The van der Waals surface area contributed by atoms with Crippen LogP contribution in [0.2, 0.25) is 5.02 Å². The quantitative estimate of drug-likeness (QED) is 0.871. The summed E-state index contributed by atoms with van der Waals surface area (Å²) in [6.07, 6.45) is 1.92. The number of carbonyl (C=O) groups excluding carboxylic acids is 1. The Hall–Kier alpha value is -1.75. The Morgan fingerprint density at radius 1 is 1.42 bits per heavy atom. The van der Waals surface area contributed by atoms with Crippen LogP contribution in [0.25, 0.3) is 0 Å². The maximum Gasteiger partial charge on any atom is 0.337 e. The molecule has 0 fully saturated rings. The number of rotatable bonds is 5. The highest BCUT2D eigenvalue weighted by Gasteiger charge is 2.12. The zero-order valence-corrected chi connectivity index (χ0v) is 11.7. The first-order valence-corrected chi connectivity index (χ1v) is 6.38. The molecule has 0 unspecified atom stereocenters. The Kier molecular flexibility index (Phi) is 5.63. The molecule has 0 aliphatic rings. The third kappa shape index (κ3) is 4.44. The number of halogens is 1. The van der Waals surface area contributed by atoms with Gasteiger partial charge in [0.15, 0.2) is 0 Å². The first-order valence-electron chi connectivity index (χ1n) is 6.00. The molecule has 0 aromatic heterocycles. The van der Waals surface area contributed by atoms with E-state index in [1.807, 2.05) is 6.92 Å². The summed E-state index contributed by atoms with van der Waals surface area (Å²) >= 11 is 5.75. The van der Waals surface area contributed by atoms with Gasteiger partial charge in [0, 0.05) is 19.3 Å². The summed E-state index contributed by atoms with van der Waals surface area (Å²) in [5.41, 5.74) is 0.380. The van der Waals surface area contributed by atoms with Gasteiger partial charge >= 0.3 is 12.0 Å². The Morgan fingerprint density at radius 2 is 2.11 bits per heavy atom. The highest BCUT2D eigenvalue weighted by atomic mass is 35.5. The van der Waals surface area contributed by atoms with Gasteiger partial charge in [-0.05, 0) is 24.6 Å². The average molecular weight is 285 g/mol. The van der Waals surface area contributed by atoms with E-state index < -0.39 is 5.97 Å². The van der Waals surface area contributed by atoms with Crippen LogP contribution in [0.4, 0.5) is 10.5 Å². The van der Waals surface area contributed by atoms with Crippen molar-refractivity contribution in [3.63, 3.8) is 0 Å². The second-order valence-electron chi connectivity index (χ2n) is 4.21. The topological polar surface area (TPSA) is 69.6 Å². The van der Waals surface area contributed by atoms with Crippen LogP contribution in [0.15, 0.2) is 18.2 Å². The van der Waals surface area contributed by atoms with Gasteiger partial charge < -0.3 is 15.3 Å². The molecule has 0 atom stereocenters. The minimum absolute atomic E-state index is 0.0318. The number of carbonyl (C=O) groups is 2. The van der Waals surface area contributed by atoms with Crippen LogP contribution >= 0.6 is 11.6 Å². The van der Waals surface area contributed by atoms with Crippen LogP contribution < -0.4 is 5.32 Å². The van der Waals surface area contributed by atoms with Crippen LogP contribution in [-0.4, -0.2) is 35.6 Å². The number of carboxylic acids is 1. The molecule has 0 aliphatic carbocycles. The number of urea groups is 1. The van der Waals surface area contributed by atoms with Gasteiger partial charge in [0.1, 0.15) is 0 Å². The normalized spacial score (nSPS) is 10.1. The highest BCUT2D eigenvalue weighted by molar-refractivity contribution is 6.33. The van der Waals surface area contributed by atoms with Crippen molar-refractivity contribution < 1.29 is 14.7 Å². The van der Waals surface area contributed by atoms with Crippen LogP contribution in [-0.2, 0) is 0 Å². The first kappa shape index (κ1) is 15.3. The molecule has 1 aromatic carbocycles. The number of carboxylic acid groups (broad SMARTS) is 1. The number of hydrogen-bond donors (Lipinski definition) is 2. The maximum absolute atomic E-state index is 11.8. The lowest BCUT2D eigenvalue weighted by Gasteiger charge is -2.17. The molecule has 2 N–H and O–H groups in total. The van der Waals surface area contributed by atoms with Gasteiger partial charge in [0.25, 0.3) is 0 Å². The number of aromatic carboxylic acids is 1. The van der Waals surface area contributed by atoms with E-state index in [9.17, 15) is 9.59 Å². The van der Waals surface area contributed by atoms with E-state index in [4.69, 9.17) is 16.7 Å². The number of nitrogens with zero attached hydrogens (tertiary/aromatic N) is 1. The molecule has 0 aliphatic heterocycles. The van der Waals surface area contributed by atoms with Gasteiger partial charge in [-0.3, -0.25) is 0 Å². The van der Waals surface area contributed by atoms with Crippen molar-refractivity contribution in [3.05, 3.63) is 28.8 Å². The second kappa shape index (κ2) is 6.99. The molecule has 2 amide bonds. The summed E-state index contributed by atoms with van der Waals surface area (Å²) in [7, 11) is 1.69. The average Bonchev–Trinajstić information content (AvgIpc) is 2.37. The van der Waals surface area contributed by atoms with Gasteiger partial charge in [-0.25, -0.2) is 9.59 Å². The Labute approximate surface area is 117 Å². The summed E-state index contributed by atoms with van der Waals surface area (Å²) in [4.78, 5) is 24.3. The van der Waals surface area contributed by atoms with Gasteiger partial charge in [-0.1, -0.05) is 24.9 Å². The van der Waals surface area contributed by atoms with E-state index in [2.05, 4.69) is 5.32 Å². The van der Waals surface area contributed by atoms with Crippen molar-refractivity contribution in [2.75, 3.05) is 18.9 Å². The third-order valence-corrected chi connectivity index (χ3v) is 2.97. The van der Waals surface area contributed by atoms with Crippen molar-refractivity contribution in [3.8, 4) is 0 Å². The van der Waals surface area contributed by atoms with Gasteiger partial charge in [-0.2, -0.15) is 0 Å². The smallest absolute Gasteiger partial charge is 0.337 e. The zero-order chi connectivity index (χ0) is 14.4. The minimum Gasteiger partial charge on any atom is -0.478 e. The molecule has 0 saturated heterocycles. The van der Waals surface area contributed by atoms with Gasteiger partial charge in [-0.15, -0.1) is 0 Å². The molecule has 0 radical (unpaired) electrons. The lowest BCUT2D eigenvalue weighted by molar-refractivity contribution is 0.0697. The zero-order valence-electron chi connectivity index (χ0n) is 10.9. The van der Waals surface area contributed by atoms with E-state index in [1.165, 1.54) is 12.1 Å². The standard InChI is InChI=1S/C13H17ClN2O3/c1-3-4-7-16(2)13(19)15-9-5-6-11(14)10(8-9)12(17)18/h5-6,8H,3-4,7H2,1-2H3,(H,15,19)(H,17,18). The number of amides is 2. The van der Waals surface area contributed by atoms with Crippen LogP contribution in [0.1, 0.15) is 30.1 Å². The summed E-state index contributed by atoms with van der Waals surface area (Å²) < 4.78 is 0. The molecular formula is C13H17ClN2O3. The van der Waals surface area contributed by atoms with E-state index in [0.29, 0.717) is 12.2 Å². The number of anilines is 1. The molecule has 6 heteroatoms.